The standard InChI is InChI=1S/C12H22N6O/c1-4-14-9-7-10(17-12(13)16-9)15-8-11(19)18(5-2)6-3/h7H,4-6,8H2,1-3H3,(H4,13,14,15,16,17). The molecule has 19 heavy (non-hydrogen) atoms. The van der Waals surface area contributed by atoms with Crippen molar-refractivity contribution in [3.8, 4) is 0 Å². The normalized spacial score (nSPS) is 10.1. The molecule has 7 nitrogen and oxygen atoms in total. The van der Waals surface area contributed by atoms with Gasteiger partial charge in [0.1, 0.15) is 11.6 Å². The Labute approximate surface area is 113 Å². The monoisotopic (exact) mass is 266 g/mol. The van der Waals surface area contributed by atoms with Crippen LogP contribution in [0.3, 0.4) is 0 Å². The number of anilines is 3. The molecule has 1 aromatic rings. The fourth-order valence-corrected chi connectivity index (χ4v) is 1.68. The average molecular weight is 266 g/mol. The number of nitrogen functional groups attached to an aromatic ring is 1. The van der Waals surface area contributed by atoms with E-state index in [0.29, 0.717) is 24.7 Å². The number of nitrogens with one attached hydrogen (secondary N) is 2. The van der Waals surface area contributed by atoms with Crippen LogP contribution in [0.4, 0.5) is 17.6 Å². The van der Waals surface area contributed by atoms with Gasteiger partial charge < -0.3 is 21.3 Å². The number of rotatable bonds is 7. The number of amides is 1. The van der Waals surface area contributed by atoms with Crippen molar-refractivity contribution >= 4 is 23.5 Å². The van der Waals surface area contributed by atoms with E-state index in [9.17, 15) is 4.79 Å². The zero-order valence-electron chi connectivity index (χ0n) is 11.7. The van der Waals surface area contributed by atoms with Gasteiger partial charge in [-0.15, -0.1) is 0 Å². The van der Waals surface area contributed by atoms with Crippen LogP contribution < -0.4 is 16.4 Å². The number of aromatic nitrogens is 2. The minimum atomic E-state index is 0.0344. The van der Waals surface area contributed by atoms with Gasteiger partial charge in [-0.05, 0) is 20.8 Å². The second-order valence-electron chi connectivity index (χ2n) is 3.95. The quantitative estimate of drug-likeness (QED) is 0.674. The molecule has 0 spiro atoms. The summed E-state index contributed by atoms with van der Waals surface area (Å²) in [4.78, 5) is 21.7. The van der Waals surface area contributed by atoms with Crippen LogP contribution in [-0.2, 0) is 4.79 Å². The number of hydrogen-bond donors (Lipinski definition) is 3. The summed E-state index contributed by atoms with van der Waals surface area (Å²) >= 11 is 0. The molecule has 4 N–H and O–H groups in total. The van der Waals surface area contributed by atoms with Crippen molar-refractivity contribution < 1.29 is 4.79 Å². The van der Waals surface area contributed by atoms with Gasteiger partial charge >= 0.3 is 0 Å². The van der Waals surface area contributed by atoms with Gasteiger partial charge in [0.2, 0.25) is 11.9 Å². The molecule has 106 valence electrons. The summed E-state index contributed by atoms with van der Waals surface area (Å²) < 4.78 is 0. The largest absolute Gasteiger partial charge is 0.370 e. The van der Waals surface area contributed by atoms with Gasteiger partial charge in [0, 0.05) is 25.7 Å². The Morgan fingerprint density at radius 2 is 1.79 bits per heavy atom. The van der Waals surface area contributed by atoms with Crippen LogP contribution in [0, 0.1) is 0 Å². The Balaban J connectivity index is 2.64. The van der Waals surface area contributed by atoms with E-state index in [1.807, 2.05) is 20.8 Å². The molecule has 0 unspecified atom stereocenters. The SMILES string of the molecule is CCNc1cc(NCC(=O)N(CC)CC)nc(N)n1. The van der Waals surface area contributed by atoms with E-state index in [4.69, 9.17) is 5.73 Å². The van der Waals surface area contributed by atoms with Crippen LogP contribution in [0.1, 0.15) is 20.8 Å². The highest BCUT2D eigenvalue weighted by Gasteiger charge is 2.09. The molecule has 0 saturated carbocycles. The number of nitrogens with zero attached hydrogens (tertiary/aromatic N) is 3. The second-order valence-corrected chi connectivity index (χ2v) is 3.95. The summed E-state index contributed by atoms with van der Waals surface area (Å²) in [6, 6.07) is 1.73. The first-order valence-corrected chi connectivity index (χ1v) is 6.50. The van der Waals surface area contributed by atoms with Crippen LogP contribution in [0.5, 0.6) is 0 Å². The van der Waals surface area contributed by atoms with E-state index < -0.39 is 0 Å². The van der Waals surface area contributed by atoms with Crippen LogP contribution in [0.15, 0.2) is 6.07 Å². The van der Waals surface area contributed by atoms with E-state index in [1.165, 1.54) is 0 Å². The summed E-state index contributed by atoms with van der Waals surface area (Å²) in [6.45, 7) is 8.21. The molecular weight excluding hydrogens is 244 g/mol. The third kappa shape index (κ3) is 4.61. The molecular formula is C12H22N6O. The predicted molar refractivity (Wildman–Crippen MR) is 77.0 cm³/mol. The topological polar surface area (TPSA) is 96.2 Å². The van der Waals surface area contributed by atoms with Gasteiger partial charge in [-0.25, -0.2) is 0 Å². The fraction of sp³-hybridized carbons (Fsp3) is 0.583. The van der Waals surface area contributed by atoms with Gasteiger partial charge in [-0.2, -0.15) is 9.97 Å². The zero-order chi connectivity index (χ0) is 14.3. The number of likely N-dealkylation sites (N-methyl/N-ethyl adjacent to an activating group) is 1. The van der Waals surface area contributed by atoms with Crippen molar-refractivity contribution in [1.82, 2.24) is 14.9 Å². The van der Waals surface area contributed by atoms with Crippen molar-refractivity contribution in [3.63, 3.8) is 0 Å². The van der Waals surface area contributed by atoms with Gasteiger partial charge in [0.25, 0.3) is 0 Å². The van der Waals surface area contributed by atoms with Gasteiger partial charge in [0.15, 0.2) is 0 Å². The van der Waals surface area contributed by atoms with Crippen molar-refractivity contribution in [2.24, 2.45) is 0 Å². The Morgan fingerprint density at radius 1 is 1.21 bits per heavy atom. The maximum absolute atomic E-state index is 11.8. The highest BCUT2D eigenvalue weighted by molar-refractivity contribution is 5.80. The minimum Gasteiger partial charge on any atom is -0.370 e. The first-order chi connectivity index (χ1) is 9.10. The third-order valence-corrected chi connectivity index (χ3v) is 2.64. The first-order valence-electron chi connectivity index (χ1n) is 6.50. The Bertz CT molecular complexity index is 419. The van der Waals surface area contributed by atoms with E-state index >= 15 is 0 Å². The predicted octanol–water partition coefficient (Wildman–Crippen LogP) is 0.771. The van der Waals surface area contributed by atoms with Gasteiger partial charge in [0.05, 0.1) is 6.54 Å². The van der Waals surface area contributed by atoms with Crippen molar-refractivity contribution in [2.45, 2.75) is 20.8 Å². The lowest BCUT2D eigenvalue weighted by atomic mass is 10.4. The summed E-state index contributed by atoms with van der Waals surface area (Å²) in [5, 5.41) is 6.03. The van der Waals surface area contributed by atoms with Gasteiger partial charge in [-0.3, -0.25) is 4.79 Å². The zero-order valence-corrected chi connectivity index (χ0v) is 11.7. The van der Waals surface area contributed by atoms with E-state index in [-0.39, 0.29) is 18.4 Å². The van der Waals surface area contributed by atoms with Gasteiger partial charge in [-0.1, -0.05) is 0 Å². The lowest BCUT2D eigenvalue weighted by molar-refractivity contribution is -0.128. The lowest BCUT2D eigenvalue weighted by Crippen LogP contribution is -2.35. The van der Waals surface area contributed by atoms with Crippen molar-refractivity contribution in [2.75, 3.05) is 42.5 Å². The van der Waals surface area contributed by atoms with Crippen molar-refractivity contribution in [3.05, 3.63) is 6.07 Å². The summed E-state index contributed by atoms with van der Waals surface area (Å²) in [6.07, 6.45) is 0. The molecule has 1 rings (SSSR count). The molecule has 0 radical (unpaired) electrons. The van der Waals surface area contributed by atoms with Crippen LogP contribution in [0.25, 0.3) is 0 Å². The molecule has 0 aliphatic rings. The third-order valence-electron chi connectivity index (χ3n) is 2.64. The highest BCUT2D eigenvalue weighted by atomic mass is 16.2. The first kappa shape index (κ1) is 15.0. The van der Waals surface area contributed by atoms with E-state index in [2.05, 4.69) is 20.6 Å². The number of nitrogens with two attached hydrogens (primary N) is 1. The molecule has 0 aliphatic carbocycles. The van der Waals surface area contributed by atoms with E-state index in [1.54, 1.807) is 11.0 Å². The molecule has 0 fully saturated rings. The van der Waals surface area contributed by atoms with Crippen molar-refractivity contribution in [1.29, 1.82) is 0 Å². The molecule has 0 saturated heterocycles. The second kappa shape index (κ2) is 7.40. The maximum atomic E-state index is 11.8. The lowest BCUT2D eigenvalue weighted by Gasteiger charge is -2.19. The summed E-state index contributed by atoms with van der Waals surface area (Å²) in [7, 11) is 0. The molecule has 0 bridgehead atoms. The smallest absolute Gasteiger partial charge is 0.241 e. The molecule has 0 aliphatic heterocycles. The Kier molecular flexibility index (Phi) is 5.84. The van der Waals surface area contributed by atoms with E-state index in [0.717, 1.165) is 6.54 Å². The molecule has 7 heteroatoms. The number of carbonyl (C=O) groups is 1. The maximum Gasteiger partial charge on any atom is 0.241 e. The Morgan fingerprint density at radius 3 is 2.32 bits per heavy atom. The molecule has 1 amide bonds. The van der Waals surface area contributed by atoms with Crippen LogP contribution in [-0.4, -0.2) is 47.0 Å². The van der Waals surface area contributed by atoms with Crippen LogP contribution >= 0.6 is 0 Å². The molecule has 1 aromatic heterocycles. The number of hydrogen-bond acceptors (Lipinski definition) is 6. The summed E-state index contributed by atoms with van der Waals surface area (Å²) in [5.74, 6) is 1.40. The van der Waals surface area contributed by atoms with Crippen LogP contribution in [0.2, 0.25) is 0 Å². The average Bonchev–Trinajstić information content (AvgIpc) is 2.37. The molecule has 0 atom stereocenters. The molecule has 1 heterocycles. The number of carbonyl (C=O) groups excluding carboxylic acids is 1. The fourth-order valence-electron chi connectivity index (χ4n) is 1.68. The molecule has 0 aromatic carbocycles. The Hall–Kier alpha value is -2.05. The highest BCUT2D eigenvalue weighted by Crippen LogP contribution is 2.11. The minimum absolute atomic E-state index is 0.0344. The summed E-state index contributed by atoms with van der Waals surface area (Å²) in [5.41, 5.74) is 5.61.